The zero-order chi connectivity index (χ0) is 15.6. The molecular weight excluding hydrogens is 302 g/mol. The van der Waals surface area contributed by atoms with Gasteiger partial charge in [-0.15, -0.1) is 10.2 Å². The maximum Gasteiger partial charge on any atom is 0.282 e. The standard InChI is InChI=1S/C14H19N5O2S/c1-17(8-9-18-11-15-16-12-18)22(20,21)19-7-6-13-4-2-3-5-14(13)10-19/h2-5,11-12H,6-10H2,1H3. The lowest BCUT2D eigenvalue weighted by molar-refractivity contribution is 0.339. The smallest absolute Gasteiger partial charge is 0.282 e. The van der Waals surface area contributed by atoms with E-state index < -0.39 is 10.2 Å². The van der Waals surface area contributed by atoms with Crippen molar-refractivity contribution in [2.24, 2.45) is 0 Å². The van der Waals surface area contributed by atoms with Gasteiger partial charge in [-0.25, -0.2) is 0 Å². The Bertz CT molecular complexity index is 729. The summed E-state index contributed by atoms with van der Waals surface area (Å²) < 4.78 is 30.0. The van der Waals surface area contributed by atoms with Crippen molar-refractivity contribution in [2.45, 2.75) is 19.5 Å². The summed E-state index contributed by atoms with van der Waals surface area (Å²) in [5.74, 6) is 0. The zero-order valence-corrected chi connectivity index (χ0v) is 13.3. The van der Waals surface area contributed by atoms with Crippen LogP contribution in [0.3, 0.4) is 0 Å². The van der Waals surface area contributed by atoms with E-state index in [1.165, 1.54) is 9.87 Å². The van der Waals surface area contributed by atoms with Crippen LogP contribution in [0.2, 0.25) is 0 Å². The predicted octanol–water partition coefficient (Wildman–Crippen LogP) is 0.513. The minimum Gasteiger partial charge on any atom is -0.319 e. The van der Waals surface area contributed by atoms with Crippen LogP contribution < -0.4 is 0 Å². The molecule has 0 N–H and O–H groups in total. The normalized spacial score (nSPS) is 15.9. The van der Waals surface area contributed by atoms with Crippen LogP contribution in [0.25, 0.3) is 0 Å². The van der Waals surface area contributed by atoms with Gasteiger partial charge in [0.2, 0.25) is 0 Å². The summed E-state index contributed by atoms with van der Waals surface area (Å²) in [6, 6.07) is 8.00. The quantitative estimate of drug-likeness (QED) is 0.804. The van der Waals surface area contributed by atoms with Crippen molar-refractivity contribution in [3.63, 3.8) is 0 Å². The monoisotopic (exact) mass is 321 g/mol. The molecule has 0 amide bonds. The van der Waals surface area contributed by atoms with Crippen molar-refractivity contribution in [1.29, 1.82) is 0 Å². The molecule has 8 heteroatoms. The summed E-state index contributed by atoms with van der Waals surface area (Å²) in [4.78, 5) is 0. The SMILES string of the molecule is CN(CCn1cnnc1)S(=O)(=O)N1CCc2ccccc2C1. The average molecular weight is 321 g/mol. The Hall–Kier alpha value is -1.77. The summed E-state index contributed by atoms with van der Waals surface area (Å²) in [7, 11) is -1.83. The Kier molecular flexibility index (Phi) is 4.23. The number of hydrogen-bond donors (Lipinski definition) is 0. The molecule has 22 heavy (non-hydrogen) atoms. The molecule has 0 atom stereocenters. The summed E-state index contributed by atoms with van der Waals surface area (Å²) in [5.41, 5.74) is 2.32. The molecule has 2 heterocycles. The Morgan fingerprint density at radius 1 is 1.18 bits per heavy atom. The molecule has 1 aromatic carbocycles. The number of hydrogen-bond acceptors (Lipinski definition) is 4. The Morgan fingerprint density at radius 3 is 2.59 bits per heavy atom. The van der Waals surface area contributed by atoms with E-state index in [4.69, 9.17) is 0 Å². The van der Waals surface area contributed by atoms with Crippen LogP contribution in [0.5, 0.6) is 0 Å². The highest BCUT2D eigenvalue weighted by Gasteiger charge is 2.29. The Morgan fingerprint density at radius 2 is 1.86 bits per heavy atom. The number of benzene rings is 1. The van der Waals surface area contributed by atoms with E-state index in [9.17, 15) is 8.42 Å². The van der Waals surface area contributed by atoms with Crippen molar-refractivity contribution in [2.75, 3.05) is 20.1 Å². The molecule has 0 saturated carbocycles. The molecule has 3 rings (SSSR count). The first kappa shape index (κ1) is 15.1. The van der Waals surface area contributed by atoms with E-state index in [1.807, 2.05) is 18.2 Å². The van der Waals surface area contributed by atoms with Gasteiger partial charge in [0, 0.05) is 33.2 Å². The third kappa shape index (κ3) is 3.03. The molecule has 118 valence electrons. The summed E-state index contributed by atoms with van der Waals surface area (Å²) in [5, 5.41) is 7.42. The van der Waals surface area contributed by atoms with Gasteiger partial charge in [0.15, 0.2) is 0 Å². The third-order valence-corrected chi connectivity index (χ3v) is 5.89. The van der Waals surface area contributed by atoms with Crippen LogP contribution in [0.15, 0.2) is 36.9 Å². The topological polar surface area (TPSA) is 71.3 Å². The van der Waals surface area contributed by atoms with E-state index in [-0.39, 0.29) is 0 Å². The van der Waals surface area contributed by atoms with Crippen LogP contribution in [0.1, 0.15) is 11.1 Å². The van der Waals surface area contributed by atoms with E-state index in [0.29, 0.717) is 26.2 Å². The highest BCUT2D eigenvalue weighted by Crippen LogP contribution is 2.21. The molecule has 1 aliphatic heterocycles. The lowest BCUT2D eigenvalue weighted by Crippen LogP contribution is -2.45. The van der Waals surface area contributed by atoms with Gasteiger partial charge in [0.25, 0.3) is 10.2 Å². The fraction of sp³-hybridized carbons (Fsp3) is 0.429. The molecule has 1 aliphatic rings. The molecule has 0 spiro atoms. The van der Waals surface area contributed by atoms with Gasteiger partial charge in [-0.2, -0.15) is 17.0 Å². The second-order valence-corrected chi connectivity index (χ2v) is 7.42. The largest absolute Gasteiger partial charge is 0.319 e. The van der Waals surface area contributed by atoms with Crippen LogP contribution in [-0.2, 0) is 29.7 Å². The van der Waals surface area contributed by atoms with Gasteiger partial charge in [0.05, 0.1) is 0 Å². The van der Waals surface area contributed by atoms with Gasteiger partial charge in [0.1, 0.15) is 12.7 Å². The van der Waals surface area contributed by atoms with Crippen LogP contribution in [-0.4, -0.2) is 51.9 Å². The minimum atomic E-state index is -3.45. The molecule has 1 aromatic heterocycles. The van der Waals surface area contributed by atoms with Crippen LogP contribution >= 0.6 is 0 Å². The number of aromatic nitrogens is 3. The molecule has 0 saturated heterocycles. The molecule has 0 unspecified atom stereocenters. The Labute approximate surface area is 130 Å². The van der Waals surface area contributed by atoms with Gasteiger partial charge < -0.3 is 4.57 Å². The summed E-state index contributed by atoms with van der Waals surface area (Å²) in [6.07, 6.45) is 3.92. The first-order valence-corrected chi connectivity index (χ1v) is 8.57. The van der Waals surface area contributed by atoms with Gasteiger partial charge in [-0.3, -0.25) is 0 Å². The predicted molar refractivity (Wildman–Crippen MR) is 82.1 cm³/mol. The first-order chi connectivity index (χ1) is 10.6. The third-order valence-electron chi connectivity index (χ3n) is 3.96. The molecule has 0 fully saturated rings. The van der Waals surface area contributed by atoms with E-state index in [1.54, 1.807) is 28.6 Å². The van der Waals surface area contributed by atoms with Crippen molar-refractivity contribution >= 4 is 10.2 Å². The lowest BCUT2D eigenvalue weighted by atomic mass is 10.0. The Balaban J connectivity index is 1.68. The fourth-order valence-electron chi connectivity index (χ4n) is 2.57. The highest BCUT2D eigenvalue weighted by molar-refractivity contribution is 7.86. The number of fused-ring (bicyclic) bond motifs is 1. The molecular formula is C14H19N5O2S. The van der Waals surface area contributed by atoms with Crippen molar-refractivity contribution in [1.82, 2.24) is 23.4 Å². The minimum absolute atomic E-state index is 0.387. The molecule has 0 radical (unpaired) electrons. The van der Waals surface area contributed by atoms with Crippen molar-refractivity contribution in [3.05, 3.63) is 48.0 Å². The molecule has 0 bridgehead atoms. The number of nitrogens with zero attached hydrogens (tertiary/aromatic N) is 5. The zero-order valence-electron chi connectivity index (χ0n) is 12.5. The average Bonchev–Trinajstić information content (AvgIpc) is 3.05. The maximum atomic E-state index is 12.7. The van der Waals surface area contributed by atoms with Crippen LogP contribution in [0.4, 0.5) is 0 Å². The van der Waals surface area contributed by atoms with E-state index in [0.717, 1.165) is 12.0 Å². The summed E-state index contributed by atoms with van der Waals surface area (Å²) in [6.45, 7) is 1.89. The van der Waals surface area contributed by atoms with Crippen molar-refractivity contribution in [3.8, 4) is 0 Å². The van der Waals surface area contributed by atoms with Crippen LogP contribution in [0, 0.1) is 0 Å². The fourth-order valence-corrected chi connectivity index (χ4v) is 3.90. The molecule has 0 aliphatic carbocycles. The molecule has 7 nitrogen and oxygen atoms in total. The number of rotatable bonds is 5. The maximum absolute atomic E-state index is 12.7. The van der Waals surface area contributed by atoms with Gasteiger partial charge in [-0.1, -0.05) is 24.3 Å². The first-order valence-electron chi connectivity index (χ1n) is 7.18. The highest BCUT2D eigenvalue weighted by atomic mass is 32.2. The number of likely N-dealkylation sites (N-methyl/N-ethyl adjacent to an activating group) is 1. The van der Waals surface area contributed by atoms with Gasteiger partial charge in [-0.05, 0) is 17.5 Å². The summed E-state index contributed by atoms with van der Waals surface area (Å²) >= 11 is 0. The van der Waals surface area contributed by atoms with Gasteiger partial charge >= 0.3 is 0 Å². The second-order valence-electron chi connectivity index (χ2n) is 5.38. The lowest BCUT2D eigenvalue weighted by Gasteiger charge is -2.31. The molecule has 2 aromatic rings. The second kappa shape index (κ2) is 6.15. The van der Waals surface area contributed by atoms with Crippen molar-refractivity contribution < 1.29 is 8.42 Å². The van der Waals surface area contributed by atoms with E-state index in [2.05, 4.69) is 16.3 Å². The van der Waals surface area contributed by atoms with E-state index >= 15 is 0 Å².